The minimum absolute atomic E-state index is 0.517. The molecule has 0 nitrogen and oxygen atoms in total. The van der Waals surface area contributed by atoms with Crippen LogP contribution in [0.1, 0.15) is 12.8 Å². The van der Waals surface area contributed by atoms with Gasteiger partial charge in [0.2, 0.25) is 0 Å². The fourth-order valence-electron chi connectivity index (χ4n) is 0.777. The zero-order valence-electron chi connectivity index (χ0n) is 4.52. The summed E-state index contributed by atoms with van der Waals surface area (Å²) < 4.78 is 1.03. The van der Waals surface area contributed by atoms with Crippen LogP contribution in [0.3, 0.4) is 0 Å². The molecule has 1 rings (SSSR count). The Balaban J connectivity index is 2.28. The van der Waals surface area contributed by atoms with Gasteiger partial charge in [-0.15, -0.1) is 0 Å². The van der Waals surface area contributed by atoms with E-state index in [-0.39, 0.29) is 0 Å². The Morgan fingerprint density at radius 3 is 2.86 bits per heavy atom. The van der Waals surface area contributed by atoms with Crippen molar-refractivity contribution < 1.29 is 21.2 Å². The van der Waals surface area contributed by atoms with E-state index in [4.69, 9.17) is 0 Å². The summed E-state index contributed by atoms with van der Waals surface area (Å²) in [6.45, 7) is 0. The van der Waals surface area contributed by atoms with Gasteiger partial charge in [0, 0.05) is 0 Å². The van der Waals surface area contributed by atoms with Crippen molar-refractivity contribution in [3.8, 4) is 0 Å². The van der Waals surface area contributed by atoms with Crippen LogP contribution in [0.2, 0.25) is 0 Å². The summed E-state index contributed by atoms with van der Waals surface area (Å²) in [5.74, 6) is 0. The van der Waals surface area contributed by atoms with E-state index in [1.165, 1.54) is 12.8 Å². The Bertz CT molecular complexity index is 76.2. The third-order valence-corrected chi connectivity index (χ3v) is 3.87. The number of hydrogen-bond donors (Lipinski definition) is 0. The molecule has 1 aliphatic carbocycles. The van der Waals surface area contributed by atoms with E-state index >= 15 is 0 Å². The van der Waals surface area contributed by atoms with Crippen molar-refractivity contribution in [3.05, 3.63) is 12.2 Å². The molecule has 0 N–H and O–H groups in total. The summed E-state index contributed by atoms with van der Waals surface area (Å²) >= 11 is 0.517. The van der Waals surface area contributed by atoms with E-state index < -0.39 is 0 Å². The van der Waals surface area contributed by atoms with Gasteiger partial charge < -0.3 is 0 Å². The fraction of sp³-hybridized carbons (Fsp3) is 0.667. The normalized spacial score (nSPS) is 29.6. The van der Waals surface area contributed by atoms with Gasteiger partial charge in [-0.2, -0.15) is 0 Å². The van der Waals surface area contributed by atoms with Crippen LogP contribution in [-0.2, 0) is 0 Å². The van der Waals surface area contributed by atoms with Crippen LogP contribution < -0.4 is 21.2 Å². The summed E-state index contributed by atoms with van der Waals surface area (Å²) in [7, 11) is 0. The van der Waals surface area contributed by atoms with Crippen molar-refractivity contribution in [2.75, 3.05) is 4.93 Å². The number of allylic oxidation sites excluding steroid dienone is 2. The van der Waals surface area contributed by atoms with Crippen LogP contribution >= 0.6 is 0 Å². The molecule has 1 aliphatic rings. The maximum absolute atomic E-state index is 2.38. The van der Waals surface area contributed by atoms with Gasteiger partial charge in [0.1, 0.15) is 0 Å². The van der Waals surface area contributed by atoms with Gasteiger partial charge in [-0.25, -0.2) is 0 Å². The summed E-state index contributed by atoms with van der Waals surface area (Å²) in [6, 6.07) is 0. The van der Waals surface area contributed by atoms with Gasteiger partial charge in [-0.05, 0) is 0 Å². The summed E-state index contributed by atoms with van der Waals surface area (Å²) in [4.78, 5) is 2.36. The van der Waals surface area contributed by atoms with Gasteiger partial charge in [-0.1, -0.05) is 0 Å². The Morgan fingerprint density at radius 2 is 2.57 bits per heavy atom. The molecule has 0 spiro atoms. The average Bonchev–Trinajstić information content (AvgIpc) is 2.14. The number of alkyl halides is 2. The first-order chi connectivity index (χ1) is 3.43. The van der Waals surface area contributed by atoms with Crippen LogP contribution in [0.5, 0.6) is 0 Å². The van der Waals surface area contributed by atoms with Crippen molar-refractivity contribution in [1.82, 2.24) is 0 Å². The van der Waals surface area contributed by atoms with E-state index in [1.807, 2.05) is 0 Å². The van der Waals surface area contributed by atoms with Crippen LogP contribution in [0, 0.1) is 0 Å². The van der Waals surface area contributed by atoms with Gasteiger partial charge in [0.25, 0.3) is 0 Å². The molecule has 42 valence electrons. The first kappa shape index (κ1) is 5.60. The van der Waals surface area contributed by atoms with E-state index in [1.54, 1.807) is 0 Å². The average molecular weight is 209 g/mol. The van der Waals surface area contributed by atoms with Crippen molar-refractivity contribution >= 4 is 0 Å². The molecule has 1 heteroatoms. The minimum atomic E-state index is 0.517. The van der Waals surface area contributed by atoms with Crippen LogP contribution in [0.4, 0.5) is 0 Å². The van der Waals surface area contributed by atoms with E-state index in [0.717, 1.165) is 3.92 Å². The molecular weight excluding hydrogens is 199 g/mol. The molecule has 0 fully saturated rings. The van der Waals surface area contributed by atoms with E-state index in [9.17, 15) is 0 Å². The Morgan fingerprint density at radius 1 is 1.71 bits per heavy atom. The van der Waals surface area contributed by atoms with E-state index in [2.05, 4.69) is 17.1 Å². The number of halogens is 1. The molecule has 1 atom stereocenters. The first-order valence-corrected chi connectivity index (χ1v) is 5.98. The molecule has 0 saturated carbocycles. The molecule has 0 saturated heterocycles. The molecule has 0 aromatic heterocycles. The SMILES string of the molecule is C[I-]C1C=CCC1. The second-order valence-electron chi connectivity index (χ2n) is 1.74. The first-order valence-electron chi connectivity index (χ1n) is 2.58. The van der Waals surface area contributed by atoms with Gasteiger partial charge in [0.05, 0.1) is 0 Å². The molecule has 0 bridgehead atoms. The standard InChI is InChI=1S/C6H10I/c1-7-6-4-2-3-5-6/h2,4,6H,3,5H2,1H3/q-1. The summed E-state index contributed by atoms with van der Waals surface area (Å²) in [5, 5.41) is 0. The fourth-order valence-corrected chi connectivity index (χ4v) is 2.47. The van der Waals surface area contributed by atoms with Crippen molar-refractivity contribution in [1.29, 1.82) is 0 Å². The molecule has 0 amide bonds. The molecule has 0 heterocycles. The van der Waals surface area contributed by atoms with Crippen molar-refractivity contribution in [3.63, 3.8) is 0 Å². The second-order valence-corrected chi connectivity index (χ2v) is 4.59. The molecular formula is C6H10I-. The molecule has 0 aromatic carbocycles. The third-order valence-electron chi connectivity index (χ3n) is 1.23. The van der Waals surface area contributed by atoms with Crippen LogP contribution in [0.25, 0.3) is 0 Å². The van der Waals surface area contributed by atoms with Crippen molar-refractivity contribution in [2.24, 2.45) is 0 Å². The Labute approximate surface area is 55.3 Å². The van der Waals surface area contributed by atoms with Crippen LogP contribution in [-0.4, -0.2) is 8.86 Å². The van der Waals surface area contributed by atoms with Gasteiger partial charge in [-0.3, -0.25) is 0 Å². The summed E-state index contributed by atoms with van der Waals surface area (Å²) in [5.41, 5.74) is 0. The second kappa shape index (κ2) is 2.70. The maximum atomic E-state index is 2.38. The topological polar surface area (TPSA) is 0 Å². The van der Waals surface area contributed by atoms with Crippen molar-refractivity contribution in [2.45, 2.75) is 16.8 Å². The zero-order chi connectivity index (χ0) is 5.11. The monoisotopic (exact) mass is 209 g/mol. The predicted octanol–water partition coefficient (Wildman–Crippen LogP) is -1.58. The van der Waals surface area contributed by atoms with Gasteiger partial charge in [0.15, 0.2) is 0 Å². The molecule has 0 aromatic rings. The summed E-state index contributed by atoms with van der Waals surface area (Å²) in [6.07, 6.45) is 7.49. The number of rotatable bonds is 1. The zero-order valence-corrected chi connectivity index (χ0v) is 6.68. The molecule has 0 aliphatic heterocycles. The predicted molar refractivity (Wildman–Crippen MR) is 28.1 cm³/mol. The van der Waals surface area contributed by atoms with Crippen LogP contribution in [0.15, 0.2) is 12.2 Å². The van der Waals surface area contributed by atoms with E-state index in [0.29, 0.717) is 21.2 Å². The molecule has 0 radical (unpaired) electrons. The third kappa shape index (κ3) is 1.44. The molecule has 7 heavy (non-hydrogen) atoms. The van der Waals surface area contributed by atoms with Gasteiger partial charge >= 0.3 is 55.1 Å². The Hall–Kier alpha value is 0.470. The Kier molecular flexibility index (Phi) is 2.16. The molecule has 1 unspecified atom stereocenters. The quantitative estimate of drug-likeness (QED) is 0.278. The number of hydrogen-bond acceptors (Lipinski definition) is 0.